The van der Waals surface area contributed by atoms with Crippen LogP contribution in [-0.2, 0) is 0 Å². The largest absolute Gasteiger partial charge is 0.384 e. The first kappa shape index (κ1) is 10.9. The molecule has 0 bridgehead atoms. The van der Waals surface area contributed by atoms with Gasteiger partial charge in [0.15, 0.2) is 0 Å². The Morgan fingerprint density at radius 1 is 1.06 bits per heavy atom. The molecule has 0 aliphatic rings. The zero-order valence-electron chi connectivity index (χ0n) is 9.64. The molecule has 0 heterocycles. The van der Waals surface area contributed by atoms with Crippen molar-refractivity contribution in [3.8, 4) is 0 Å². The first-order valence-electron chi connectivity index (χ1n) is 5.48. The lowest BCUT2D eigenvalue weighted by molar-refractivity contribution is 0.228. The maximum Gasteiger partial charge on any atom is 0.0974 e. The third-order valence-electron chi connectivity index (χ3n) is 2.61. The number of fused-ring (bicyclic) bond motifs is 1. The minimum absolute atomic E-state index is 0.505. The zero-order chi connectivity index (χ0) is 11.5. The Morgan fingerprint density at radius 2 is 1.75 bits per heavy atom. The fourth-order valence-corrected chi connectivity index (χ4v) is 1.80. The average Bonchev–Trinajstić information content (AvgIpc) is 2.27. The summed E-state index contributed by atoms with van der Waals surface area (Å²) in [5.74, 6) is 0. The molecule has 0 aliphatic carbocycles. The lowest BCUT2D eigenvalue weighted by atomic mass is 10.0. The summed E-state index contributed by atoms with van der Waals surface area (Å²) in [5.41, 5.74) is 2.07. The number of hydrogen-bond acceptors (Lipinski definition) is 1. The van der Waals surface area contributed by atoms with E-state index in [1.165, 1.54) is 10.8 Å². The van der Waals surface area contributed by atoms with Gasteiger partial charge in [-0.3, -0.25) is 0 Å². The third-order valence-corrected chi connectivity index (χ3v) is 2.61. The Hall–Kier alpha value is -1.60. The van der Waals surface area contributed by atoms with Gasteiger partial charge in [-0.2, -0.15) is 0 Å². The Morgan fingerprint density at radius 3 is 2.44 bits per heavy atom. The lowest BCUT2D eigenvalue weighted by Crippen LogP contribution is -1.93. The molecule has 0 spiro atoms. The first-order valence-corrected chi connectivity index (χ1v) is 5.48. The van der Waals surface area contributed by atoms with E-state index in [0.717, 1.165) is 11.1 Å². The molecule has 0 amide bonds. The summed E-state index contributed by atoms with van der Waals surface area (Å²) in [6.07, 6.45) is 1.36. The minimum Gasteiger partial charge on any atom is -0.384 e. The van der Waals surface area contributed by atoms with E-state index in [1.807, 2.05) is 50.3 Å². The Labute approximate surface area is 96.0 Å². The molecule has 1 atom stereocenters. The molecule has 1 nitrogen and oxygen atoms in total. The van der Waals surface area contributed by atoms with E-state index in [-0.39, 0.29) is 0 Å². The van der Waals surface area contributed by atoms with Crippen LogP contribution in [0.4, 0.5) is 0 Å². The molecular weight excluding hydrogens is 196 g/mol. The average molecular weight is 212 g/mol. The SMILES string of the molecule is CC(C)=CC(O)c1ccc2ccccc2c1. The van der Waals surface area contributed by atoms with Crippen LogP contribution in [0.2, 0.25) is 0 Å². The van der Waals surface area contributed by atoms with E-state index >= 15 is 0 Å². The predicted molar refractivity (Wildman–Crippen MR) is 68.3 cm³/mol. The summed E-state index contributed by atoms with van der Waals surface area (Å²) in [4.78, 5) is 0. The van der Waals surface area contributed by atoms with Gasteiger partial charge in [0.2, 0.25) is 0 Å². The number of aliphatic hydroxyl groups is 1. The van der Waals surface area contributed by atoms with E-state index in [2.05, 4.69) is 12.1 Å². The molecule has 1 heteroatoms. The number of allylic oxidation sites excluding steroid dienone is 1. The van der Waals surface area contributed by atoms with Crippen LogP contribution in [0.5, 0.6) is 0 Å². The summed E-state index contributed by atoms with van der Waals surface area (Å²) < 4.78 is 0. The van der Waals surface area contributed by atoms with Crippen LogP contribution in [0.25, 0.3) is 10.8 Å². The van der Waals surface area contributed by atoms with Crippen molar-refractivity contribution in [1.82, 2.24) is 0 Å². The summed E-state index contributed by atoms with van der Waals surface area (Å²) in [6.45, 7) is 3.98. The highest BCUT2D eigenvalue weighted by atomic mass is 16.3. The van der Waals surface area contributed by atoms with Gasteiger partial charge >= 0.3 is 0 Å². The van der Waals surface area contributed by atoms with E-state index in [9.17, 15) is 5.11 Å². The van der Waals surface area contributed by atoms with Gasteiger partial charge in [-0.1, -0.05) is 48.0 Å². The van der Waals surface area contributed by atoms with Gasteiger partial charge in [0.05, 0.1) is 6.10 Å². The van der Waals surface area contributed by atoms with Crippen LogP contribution in [0.15, 0.2) is 54.1 Å². The van der Waals surface area contributed by atoms with Crippen LogP contribution >= 0.6 is 0 Å². The molecule has 16 heavy (non-hydrogen) atoms. The van der Waals surface area contributed by atoms with Gasteiger partial charge in [-0.05, 0) is 36.2 Å². The second-order valence-corrected chi connectivity index (χ2v) is 4.30. The van der Waals surface area contributed by atoms with Crippen LogP contribution in [0.3, 0.4) is 0 Å². The molecule has 2 rings (SSSR count). The smallest absolute Gasteiger partial charge is 0.0974 e. The van der Waals surface area contributed by atoms with Crippen molar-refractivity contribution in [2.24, 2.45) is 0 Å². The van der Waals surface area contributed by atoms with Crippen molar-refractivity contribution in [2.45, 2.75) is 20.0 Å². The van der Waals surface area contributed by atoms with E-state index in [0.29, 0.717) is 0 Å². The fraction of sp³-hybridized carbons (Fsp3) is 0.200. The third kappa shape index (κ3) is 2.31. The number of aliphatic hydroxyl groups excluding tert-OH is 1. The fourth-order valence-electron chi connectivity index (χ4n) is 1.80. The van der Waals surface area contributed by atoms with Crippen molar-refractivity contribution in [3.05, 3.63) is 59.7 Å². The lowest BCUT2D eigenvalue weighted by Gasteiger charge is -2.08. The highest BCUT2D eigenvalue weighted by molar-refractivity contribution is 5.83. The zero-order valence-corrected chi connectivity index (χ0v) is 9.64. The monoisotopic (exact) mass is 212 g/mol. The summed E-state index contributed by atoms with van der Waals surface area (Å²) in [6, 6.07) is 14.2. The maximum atomic E-state index is 9.97. The predicted octanol–water partition coefficient (Wildman–Crippen LogP) is 3.84. The summed E-state index contributed by atoms with van der Waals surface area (Å²) in [5, 5.41) is 12.3. The molecule has 1 unspecified atom stereocenters. The summed E-state index contributed by atoms with van der Waals surface area (Å²) in [7, 11) is 0. The minimum atomic E-state index is -0.505. The van der Waals surface area contributed by atoms with Gasteiger partial charge in [0.1, 0.15) is 0 Å². The van der Waals surface area contributed by atoms with E-state index < -0.39 is 6.10 Å². The quantitative estimate of drug-likeness (QED) is 0.750. The normalized spacial score (nSPS) is 12.4. The van der Waals surface area contributed by atoms with Crippen LogP contribution in [0.1, 0.15) is 25.5 Å². The Bertz CT molecular complexity index is 522. The van der Waals surface area contributed by atoms with Crippen LogP contribution in [-0.4, -0.2) is 5.11 Å². The number of hydrogen-bond donors (Lipinski definition) is 1. The second kappa shape index (κ2) is 4.50. The standard InChI is InChI=1S/C15H16O/c1-11(2)9-15(16)14-8-7-12-5-3-4-6-13(12)10-14/h3-10,15-16H,1-2H3. The van der Waals surface area contributed by atoms with Crippen molar-refractivity contribution < 1.29 is 5.11 Å². The second-order valence-electron chi connectivity index (χ2n) is 4.30. The highest BCUT2D eigenvalue weighted by Gasteiger charge is 2.04. The van der Waals surface area contributed by atoms with E-state index in [1.54, 1.807) is 0 Å². The molecule has 2 aromatic carbocycles. The van der Waals surface area contributed by atoms with E-state index in [4.69, 9.17) is 0 Å². The van der Waals surface area contributed by atoms with Crippen LogP contribution in [0, 0.1) is 0 Å². The topological polar surface area (TPSA) is 20.2 Å². The Kier molecular flexibility index (Phi) is 3.07. The Balaban J connectivity index is 2.43. The van der Waals surface area contributed by atoms with Crippen molar-refractivity contribution in [2.75, 3.05) is 0 Å². The van der Waals surface area contributed by atoms with Gasteiger partial charge in [-0.15, -0.1) is 0 Å². The van der Waals surface area contributed by atoms with Gasteiger partial charge in [-0.25, -0.2) is 0 Å². The number of benzene rings is 2. The molecule has 0 fully saturated rings. The molecule has 0 saturated carbocycles. The van der Waals surface area contributed by atoms with Gasteiger partial charge < -0.3 is 5.11 Å². The molecule has 0 aliphatic heterocycles. The number of rotatable bonds is 2. The van der Waals surface area contributed by atoms with Crippen molar-refractivity contribution >= 4 is 10.8 Å². The molecular formula is C15H16O. The van der Waals surface area contributed by atoms with Crippen molar-refractivity contribution in [3.63, 3.8) is 0 Å². The molecule has 0 saturated heterocycles. The van der Waals surface area contributed by atoms with Gasteiger partial charge in [0, 0.05) is 0 Å². The molecule has 2 aromatic rings. The summed E-state index contributed by atoms with van der Waals surface area (Å²) >= 11 is 0. The molecule has 82 valence electrons. The van der Waals surface area contributed by atoms with Crippen LogP contribution < -0.4 is 0 Å². The van der Waals surface area contributed by atoms with Crippen molar-refractivity contribution in [1.29, 1.82) is 0 Å². The van der Waals surface area contributed by atoms with Gasteiger partial charge in [0.25, 0.3) is 0 Å². The first-order chi connectivity index (χ1) is 7.66. The molecule has 1 N–H and O–H groups in total. The highest BCUT2D eigenvalue weighted by Crippen LogP contribution is 2.21. The maximum absolute atomic E-state index is 9.97. The molecule has 0 aromatic heterocycles. The molecule has 0 radical (unpaired) electrons.